The molecule has 1 saturated heterocycles. The van der Waals surface area contributed by atoms with Crippen LogP contribution in [0, 0.1) is 0 Å². The Kier molecular flexibility index (Phi) is 5.37. The lowest BCUT2D eigenvalue weighted by atomic mass is 10.2. The van der Waals surface area contributed by atoms with Crippen molar-refractivity contribution in [3.05, 3.63) is 66.0 Å². The highest BCUT2D eigenvalue weighted by Gasteiger charge is 2.20. The standard InChI is InChI=1S/C22H24N4O2/c27-21(25-14-6-7-15-25)16-26-19-11-5-4-10-18(19)24-20(26)12-13-23-22(28)17-8-2-1-3-9-17/h1-5,8-11H,6-7,12-16H2,(H,23,28). The third-order valence-corrected chi connectivity index (χ3v) is 5.16. The van der Waals surface area contributed by atoms with Gasteiger partial charge in [0.05, 0.1) is 11.0 Å². The predicted octanol–water partition coefficient (Wildman–Crippen LogP) is 2.63. The van der Waals surface area contributed by atoms with Crippen LogP contribution in [0.2, 0.25) is 0 Å². The second-order valence-corrected chi connectivity index (χ2v) is 7.06. The van der Waals surface area contributed by atoms with E-state index < -0.39 is 0 Å². The van der Waals surface area contributed by atoms with Gasteiger partial charge in [-0.25, -0.2) is 4.98 Å². The minimum atomic E-state index is -0.101. The summed E-state index contributed by atoms with van der Waals surface area (Å²) in [4.78, 5) is 31.6. The highest BCUT2D eigenvalue weighted by molar-refractivity contribution is 5.94. The molecule has 2 heterocycles. The number of carbonyl (C=O) groups excluding carboxylic acids is 2. The number of fused-ring (bicyclic) bond motifs is 1. The first-order valence-corrected chi connectivity index (χ1v) is 9.77. The zero-order valence-electron chi connectivity index (χ0n) is 15.8. The number of rotatable bonds is 6. The van der Waals surface area contributed by atoms with E-state index in [-0.39, 0.29) is 11.8 Å². The summed E-state index contributed by atoms with van der Waals surface area (Å²) in [6, 6.07) is 17.0. The first-order chi connectivity index (χ1) is 13.7. The maximum absolute atomic E-state index is 12.7. The van der Waals surface area contributed by atoms with Crippen LogP contribution in [0.3, 0.4) is 0 Å². The van der Waals surface area contributed by atoms with E-state index in [4.69, 9.17) is 4.98 Å². The maximum Gasteiger partial charge on any atom is 0.251 e. The fraction of sp³-hybridized carbons (Fsp3) is 0.318. The highest BCUT2D eigenvalue weighted by atomic mass is 16.2. The van der Waals surface area contributed by atoms with E-state index >= 15 is 0 Å². The number of aromatic nitrogens is 2. The molecule has 0 aliphatic carbocycles. The zero-order valence-corrected chi connectivity index (χ0v) is 15.8. The van der Waals surface area contributed by atoms with Gasteiger partial charge >= 0.3 is 0 Å². The summed E-state index contributed by atoms with van der Waals surface area (Å²) in [7, 11) is 0. The Balaban J connectivity index is 1.48. The van der Waals surface area contributed by atoms with E-state index in [0.29, 0.717) is 25.1 Å². The third-order valence-electron chi connectivity index (χ3n) is 5.16. The molecule has 1 aliphatic heterocycles. The first-order valence-electron chi connectivity index (χ1n) is 9.77. The molecule has 4 rings (SSSR count). The van der Waals surface area contributed by atoms with Gasteiger partial charge in [-0.05, 0) is 37.1 Å². The third kappa shape index (κ3) is 3.91. The Morgan fingerprint density at radius 2 is 1.68 bits per heavy atom. The zero-order chi connectivity index (χ0) is 19.3. The van der Waals surface area contributed by atoms with Gasteiger partial charge in [0.2, 0.25) is 5.91 Å². The summed E-state index contributed by atoms with van der Waals surface area (Å²) in [5.74, 6) is 0.855. The van der Waals surface area contributed by atoms with Crippen molar-refractivity contribution in [2.75, 3.05) is 19.6 Å². The lowest BCUT2D eigenvalue weighted by Crippen LogP contribution is -2.32. The predicted molar refractivity (Wildman–Crippen MR) is 108 cm³/mol. The van der Waals surface area contributed by atoms with Crippen LogP contribution in [0.15, 0.2) is 54.6 Å². The molecule has 0 unspecified atom stereocenters. The first kappa shape index (κ1) is 18.2. The summed E-state index contributed by atoms with van der Waals surface area (Å²) < 4.78 is 1.99. The highest BCUT2D eigenvalue weighted by Crippen LogP contribution is 2.18. The van der Waals surface area contributed by atoms with Gasteiger partial charge in [0.25, 0.3) is 5.91 Å². The Hall–Kier alpha value is -3.15. The van der Waals surface area contributed by atoms with Gasteiger partial charge < -0.3 is 14.8 Å². The summed E-state index contributed by atoms with van der Waals surface area (Å²) in [5, 5.41) is 2.94. The van der Waals surface area contributed by atoms with Crippen molar-refractivity contribution < 1.29 is 9.59 Å². The van der Waals surface area contributed by atoms with E-state index in [1.807, 2.05) is 51.9 Å². The van der Waals surface area contributed by atoms with Crippen molar-refractivity contribution in [1.82, 2.24) is 19.8 Å². The van der Waals surface area contributed by atoms with Crippen LogP contribution in [0.25, 0.3) is 11.0 Å². The Morgan fingerprint density at radius 3 is 2.46 bits per heavy atom. The molecule has 1 fully saturated rings. The number of nitrogens with zero attached hydrogens (tertiary/aromatic N) is 3. The average molecular weight is 376 g/mol. The molecule has 6 nitrogen and oxygen atoms in total. The van der Waals surface area contributed by atoms with Gasteiger partial charge in [-0.2, -0.15) is 0 Å². The SMILES string of the molecule is O=C(NCCc1nc2ccccc2n1CC(=O)N1CCCC1)c1ccccc1. The molecule has 0 radical (unpaired) electrons. The lowest BCUT2D eigenvalue weighted by molar-refractivity contribution is -0.130. The number of hydrogen-bond acceptors (Lipinski definition) is 3. The fourth-order valence-corrected chi connectivity index (χ4v) is 3.67. The smallest absolute Gasteiger partial charge is 0.251 e. The summed E-state index contributed by atoms with van der Waals surface area (Å²) in [6.45, 7) is 2.44. The van der Waals surface area contributed by atoms with Crippen molar-refractivity contribution in [3.63, 3.8) is 0 Å². The quantitative estimate of drug-likeness (QED) is 0.719. The number of carbonyl (C=O) groups is 2. The van der Waals surface area contributed by atoms with Gasteiger partial charge in [0.1, 0.15) is 12.4 Å². The molecule has 144 valence electrons. The molecule has 2 aromatic carbocycles. The largest absolute Gasteiger partial charge is 0.352 e. The van der Waals surface area contributed by atoms with Crippen LogP contribution >= 0.6 is 0 Å². The number of benzene rings is 2. The van der Waals surface area contributed by atoms with Crippen molar-refractivity contribution in [2.45, 2.75) is 25.8 Å². The summed E-state index contributed by atoms with van der Waals surface area (Å²) in [6.07, 6.45) is 2.73. The van der Waals surface area contributed by atoms with Gasteiger partial charge in [0, 0.05) is 31.6 Å². The number of nitrogens with one attached hydrogen (secondary N) is 1. The molecule has 28 heavy (non-hydrogen) atoms. The molecular formula is C22H24N4O2. The van der Waals surface area contributed by atoms with E-state index in [1.54, 1.807) is 12.1 Å². The fourth-order valence-electron chi connectivity index (χ4n) is 3.67. The van der Waals surface area contributed by atoms with Gasteiger partial charge in [0.15, 0.2) is 0 Å². The van der Waals surface area contributed by atoms with Crippen LogP contribution < -0.4 is 5.32 Å². The maximum atomic E-state index is 12.7. The van der Waals surface area contributed by atoms with Crippen LogP contribution in [0.1, 0.15) is 29.0 Å². The van der Waals surface area contributed by atoms with Crippen molar-refractivity contribution in [2.24, 2.45) is 0 Å². The number of likely N-dealkylation sites (tertiary alicyclic amines) is 1. The summed E-state index contributed by atoms with van der Waals surface area (Å²) in [5.41, 5.74) is 2.47. The van der Waals surface area contributed by atoms with E-state index in [2.05, 4.69) is 5.32 Å². The number of hydrogen-bond donors (Lipinski definition) is 1. The molecule has 2 amide bonds. The number of imidazole rings is 1. The minimum Gasteiger partial charge on any atom is -0.352 e. The van der Waals surface area contributed by atoms with Crippen molar-refractivity contribution in [1.29, 1.82) is 0 Å². The second-order valence-electron chi connectivity index (χ2n) is 7.06. The van der Waals surface area contributed by atoms with E-state index in [1.165, 1.54) is 0 Å². The molecule has 3 aromatic rings. The lowest BCUT2D eigenvalue weighted by Gasteiger charge is -2.17. The second kappa shape index (κ2) is 8.25. The van der Waals surface area contributed by atoms with Gasteiger partial charge in [-0.3, -0.25) is 9.59 Å². The van der Waals surface area contributed by atoms with Crippen LogP contribution in [-0.2, 0) is 17.8 Å². The minimum absolute atomic E-state index is 0.101. The number of amides is 2. The topological polar surface area (TPSA) is 67.2 Å². The molecule has 1 N–H and O–H groups in total. The molecule has 0 atom stereocenters. The van der Waals surface area contributed by atoms with E-state index in [0.717, 1.165) is 42.8 Å². The molecular weight excluding hydrogens is 352 g/mol. The molecule has 0 saturated carbocycles. The van der Waals surface area contributed by atoms with Gasteiger partial charge in [-0.15, -0.1) is 0 Å². The monoisotopic (exact) mass is 376 g/mol. The molecule has 0 bridgehead atoms. The molecule has 1 aliphatic rings. The van der Waals surface area contributed by atoms with Crippen molar-refractivity contribution in [3.8, 4) is 0 Å². The molecule has 1 aromatic heterocycles. The average Bonchev–Trinajstić information content (AvgIpc) is 3.38. The number of para-hydroxylation sites is 2. The normalized spacial score (nSPS) is 13.8. The van der Waals surface area contributed by atoms with Crippen LogP contribution in [-0.4, -0.2) is 45.9 Å². The van der Waals surface area contributed by atoms with Crippen LogP contribution in [0.4, 0.5) is 0 Å². The van der Waals surface area contributed by atoms with E-state index in [9.17, 15) is 9.59 Å². The Bertz CT molecular complexity index is 975. The Labute approximate surface area is 164 Å². The summed E-state index contributed by atoms with van der Waals surface area (Å²) >= 11 is 0. The van der Waals surface area contributed by atoms with Crippen molar-refractivity contribution >= 4 is 22.8 Å². The van der Waals surface area contributed by atoms with Gasteiger partial charge in [-0.1, -0.05) is 30.3 Å². The molecule has 6 heteroatoms. The van der Waals surface area contributed by atoms with Crippen LogP contribution in [0.5, 0.6) is 0 Å². The molecule has 0 spiro atoms. The Morgan fingerprint density at radius 1 is 0.964 bits per heavy atom.